The molecule has 3 heterocycles. The third-order valence-electron chi connectivity index (χ3n) is 4.38. The summed E-state index contributed by atoms with van der Waals surface area (Å²) < 4.78 is 5.52. The van der Waals surface area contributed by atoms with Crippen molar-refractivity contribution in [3.63, 3.8) is 0 Å². The van der Waals surface area contributed by atoms with Gasteiger partial charge in [-0.2, -0.15) is 0 Å². The fourth-order valence-electron chi connectivity index (χ4n) is 3.42. The Labute approximate surface area is 118 Å². The van der Waals surface area contributed by atoms with Gasteiger partial charge in [-0.1, -0.05) is 12.5 Å². The van der Waals surface area contributed by atoms with E-state index < -0.39 is 0 Å². The van der Waals surface area contributed by atoms with E-state index in [0.29, 0.717) is 18.6 Å². The average molecular weight is 279 g/mol. The molecule has 1 aromatic rings. The molecule has 4 heteroatoms. The van der Waals surface area contributed by atoms with Gasteiger partial charge in [0, 0.05) is 12.0 Å². The van der Waals surface area contributed by atoms with E-state index in [0.717, 1.165) is 4.88 Å². The average Bonchev–Trinajstić information content (AvgIpc) is 2.99. The molecule has 1 aromatic heterocycles. The maximum atomic E-state index is 11.9. The Bertz CT molecular complexity index is 416. The summed E-state index contributed by atoms with van der Waals surface area (Å²) in [5.41, 5.74) is 0. The number of thiophene rings is 1. The van der Waals surface area contributed by atoms with Crippen molar-refractivity contribution >= 4 is 17.3 Å². The molecule has 0 spiro atoms. The number of piperidine rings is 2. The molecule has 3 rings (SSSR count). The normalized spacial score (nSPS) is 27.8. The van der Waals surface area contributed by atoms with Crippen molar-refractivity contribution in [1.29, 1.82) is 0 Å². The summed E-state index contributed by atoms with van der Waals surface area (Å²) in [7, 11) is 0. The molecule has 0 bridgehead atoms. The standard InChI is InChI=1S/C15H21NO2S/c17-15(14-7-4-10-19-14)18-11-12-5-3-9-16-8-2-1-6-13(12)16/h4,7,10,12-13H,1-3,5-6,8-9,11H2/t12-,13+/m0/s1. The highest BCUT2D eigenvalue weighted by Crippen LogP contribution is 2.31. The Balaban J connectivity index is 1.55. The van der Waals surface area contributed by atoms with E-state index >= 15 is 0 Å². The number of rotatable bonds is 3. The van der Waals surface area contributed by atoms with Crippen LogP contribution < -0.4 is 0 Å². The Morgan fingerprint density at radius 2 is 2.21 bits per heavy atom. The van der Waals surface area contributed by atoms with Gasteiger partial charge in [-0.05, 0) is 50.2 Å². The lowest BCUT2D eigenvalue weighted by molar-refractivity contribution is 0.00770. The molecule has 104 valence electrons. The second kappa shape index (κ2) is 6.06. The lowest BCUT2D eigenvalue weighted by Crippen LogP contribution is -2.49. The Hall–Kier alpha value is -0.870. The Morgan fingerprint density at radius 1 is 1.32 bits per heavy atom. The van der Waals surface area contributed by atoms with Gasteiger partial charge in [0.15, 0.2) is 0 Å². The minimum atomic E-state index is -0.150. The molecule has 0 aromatic carbocycles. The van der Waals surface area contributed by atoms with E-state index in [2.05, 4.69) is 4.90 Å². The van der Waals surface area contributed by atoms with E-state index in [1.165, 1.54) is 56.5 Å². The number of fused-ring (bicyclic) bond motifs is 1. The molecule has 0 N–H and O–H groups in total. The fourth-order valence-corrected chi connectivity index (χ4v) is 4.04. The first-order valence-electron chi connectivity index (χ1n) is 7.29. The largest absolute Gasteiger partial charge is 0.461 e. The van der Waals surface area contributed by atoms with Gasteiger partial charge in [0.2, 0.25) is 0 Å². The first-order valence-corrected chi connectivity index (χ1v) is 8.17. The van der Waals surface area contributed by atoms with Crippen molar-refractivity contribution in [2.45, 2.75) is 38.1 Å². The van der Waals surface area contributed by atoms with Crippen molar-refractivity contribution < 1.29 is 9.53 Å². The lowest BCUT2D eigenvalue weighted by atomic mass is 9.84. The zero-order valence-corrected chi connectivity index (χ0v) is 12.0. The molecule has 2 atom stereocenters. The van der Waals surface area contributed by atoms with Crippen LogP contribution in [0.1, 0.15) is 41.8 Å². The van der Waals surface area contributed by atoms with Crippen LogP contribution >= 0.6 is 11.3 Å². The molecule has 0 amide bonds. The van der Waals surface area contributed by atoms with Gasteiger partial charge in [-0.3, -0.25) is 4.90 Å². The van der Waals surface area contributed by atoms with E-state index in [4.69, 9.17) is 4.74 Å². The smallest absolute Gasteiger partial charge is 0.348 e. The summed E-state index contributed by atoms with van der Waals surface area (Å²) in [5.74, 6) is 0.390. The van der Waals surface area contributed by atoms with Gasteiger partial charge < -0.3 is 4.74 Å². The zero-order valence-electron chi connectivity index (χ0n) is 11.2. The zero-order chi connectivity index (χ0) is 13.1. The first kappa shape index (κ1) is 13.1. The van der Waals surface area contributed by atoms with Crippen molar-refractivity contribution in [2.75, 3.05) is 19.7 Å². The molecule has 19 heavy (non-hydrogen) atoms. The van der Waals surface area contributed by atoms with E-state index in [1.54, 1.807) is 0 Å². The number of ether oxygens (including phenoxy) is 1. The molecule has 2 aliphatic heterocycles. The SMILES string of the molecule is O=C(OC[C@@H]1CCCN2CCCC[C@H]12)c1cccs1. The first-order chi connectivity index (χ1) is 9.34. The predicted octanol–water partition coefficient (Wildman–Crippen LogP) is 3.17. The monoisotopic (exact) mass is 279 g/mol. The number of hydrogen-bond acceptors (Lipinski definition) is 4. The molecule has 2 fully saturated rings. The molecule has 2 aliphatic rings. The summed E-state index contributed by atoms with van der Waals surface area (Å²) in [4.78, 5) is 15.2. The van der Waals surface area contributed by atoms with Crippen LogP contribution in [0.2, 0.25) is 0 Å². The van der Waals surface area contributed by atoms with Gasteiger partial charge in [0.25, 0.3) is 0 Å². The van der Waals surface area contributed by atoms with Crippen molar-refractivity contribution in [3.05, 3.63) is 22.4 Å². The van der Waals surface area contributed by atoms with E-state index in [-0.39, 0.29) is 5.97 Å². The van der Waals surface area contributed by atoms with Crippen LogP contribution in [0.25, 0.3) is 0 Å². The molecule has 2 saturated heterocycles. The van der Waals surface area contributed by atoms with Gasteiger partial charge in [0.1, 0.15) is 4.88 Å². The van der Waals surface area contributed by atoms with Gasteiger partial charge in [0.05, 0.1) is 6.61 Å². The topological polar surface area (TPSA) is 29.5 Å². The molecular formula is C15H21NO2S. The molecule has 3 nitrogen and oxygen atoms in total. The Morgan fingerprint density at radius 3 is 3.05 bits per heavy atom. The van der Waals surface area contributed by atoms with Crippen LogP contribution in [0.5, 0.6) is 0 Å². The number of carbonyl (C=O) groups excluding carboxylic acids is 1. The highest BCUT2D eigenvalue weighted by Gasteiger charge is 2.33. The van der Waals surface area contributed by atoms with E-state index in [1.807, 2.05) is 17.5 Å². The minimum Gasteiger partial charge on any atom is -0.461 e. The van der Waals surface area contributed by atoms with Gasteiger partial charge in [-0.15, -0.1) is 11.3 Å². The third kappa shape index (κ3) is 3.00. The summed E-state index contributed by atoms with van der Waals surface area (Å²) in [5, 5.41) is 1.92. The lowest BCUT2D eigenvalue weighted by Gasteiger charge is -2.44. The maximum absolute atomic E-state index is 11.9. The highest BCUT2D eigenvalue weighted by molar-refractivity contribution is 7.11. The second-order valence-corrected chi connectivity index (χ2v) is 6.52. The van der Waals surface area contributed by atoms with Crippen LogP contribution in [0.4, 0.5) is 0 Å². The summed E-state index contributed by atoms with van der Waals surface area (Å²) in [6.45, 7) is 3.07. The summed E-state index contributed by atoms with van der Waals surface area (Å²) in [6.07, 6.45) is 6.40. The van der Waals surface area contributed by atoms with Crippen LogP contribution in [-0.2, 0) is 4.74 Å². The third-order valence-corrected chi connectivity index (χ3v) is 5.23. The Kier molecular flexibility index (Phi) is 4.18. The van der Waals surface area contributed by atoms with Crippen LogP contribution in [0.3, 0.4) is 0 Å². The van der Waals surface area contributed by atoms with Crippen molar-refractivity contribution in [3.8, 4) is 0 Å². The molecule has 0 aliphatic carbocycles. The molecule has 0 unspecified atom stereocenters. The predicted molar refractivity (Wildman–Crippen MR) is 76.5 cm³/mol. The molecule has 0 saturated carbocycles. The highest BCUT2D eigenvalue weighted by atomic mass is 32.1. The summed E-state index contributed by atoms with van der Waals surface area (Å²) in [6, 6.07) is 4.38. The van der Waals surface area contributed by atoms with E-state index in [9.17, 15) is 4.79 Å². The van der Waals surface area contributed by atoms with Crippen molar-refractivity contribution in [1.82, 2.24) is 4.90 Å². The molecular weight excluding hydrogens is 258 g/mol. The minimum absolute atomic E-state index is 0.150. The fraction of sp³-hybridized carbons (Fsp3) is 0.667. The quantitative estimate of drug-likeness (QED) is 0.796. The van der Waals surface area contributed by atoms with Crippen LogP contribution in [-0.4, -0.2) is 36.6 Å². The van der Waals surface area contributed by atoms with Gasteiger partial charge >= 0.3 is 5.97 Å². The van der Waals surface area contributed by atoms with Crippen molar-refractivity contribution in [2.24, 2.45) is 5.92 Å². The number of carbonyl (C=O) groups is 1. The second-order valence-electron chi connectivity index (χ2n) is 5.58. The number of nitrogens with zero attached hydrogens (tertiary/aromatic N) is 1. The van der Waals surface area contributed by atoms with Crippen LogP contribution in [0, 0.1) is 5.92 Å². The number of hydrogen-bond donors (Lipinski definition) is 0. The number of esters is 1. The van der Waals surface area contributed by atoms with Crippen LogP contribution in [0.15, 0.2) is 17.5 Å². The maximum Gasteiger partial charge on any atom is 0.348 e. The van der Waals surface area contributed by atoms with Gasteiger partial charge in [-0.25, -0.2) is 4.79 Å². The molecule has 0 radical (unpaired) electrons. The summed E-state index contributed by atoms with van der Waals surface area (Å²) >= 11 is 1.46.